The number of aryl methyl sites for hydroxylation is 1. The summed E-state index contributed by atoms with van der Waals surface area (Å²) in [5.74, 6) is 0.303. The Balaban J connectivity index is 1.17. The smallest absolute Gasteiger partial charge is 0.412 e. The molecule has 1 amide bonds. The highest BCUT2D eigenvalue weighted by molar-refractivity contribution is 5.91. The molecule has 2 aliphatic rings. The number of ether oxygens (including phenoxy) is 2. The number of nitrogens with one attached hydrogen (secondary N) is 1. The summed E-state index contributed by atoms with van der Waals surface area (Å²) in [5.41, 5.74) is 4.85. The molecular weight excluding hydrogens is 480 g/mol. The molecule has 2 saturated carbocycles. The van der Waals surface area contributed by atoms with E-state index in [1.165, 1.54) is 7.11 Å². The molecule has 1 N–H and O–H groups in total. The minimum atomic E-state index is -0.566. The summed E-state index contributed by atoms with van der Waals surface area (Å²) in [6.07, 6.45) is 2.71. The largest absolute Gasteiger partial charge is 0.468 e. The third kappa shape index (κ3) is 4.24. The van der Waals surface area contributed by atoms with Gasteiger partial charge in [-0.1, -0.05) is 84.0 Å². The molecule has 0 spiro atoms. The summed E-state index contributed by atoms with van der Waals surface area (Å²) >= 11 is 0. The molecule has 4 aromatic rings. The lowest BCUT2D eigenvalue weighted by Gasteiger charge is -2.17. The minimum Gasteiger partial charge on any atom is -0.468 e. The van der Waals surface area contributed by atoms with Crippen molar-refractivity contribution in [2.24, 2.45) is 0 Å². The lowest BCUT2D eigenvalue weighted by atomic mass is 9.93. The highest BCUT2D eigenvalue weighted by Crippen LogP contribution is 2.50. The summed E-state index contributed by atoms with van der Waals surface area (Å²) in [4.78, 5) is 25.0. The van der Waals surface area contributed by atoms with E-state index in [0.717, 1.165) is 53.5 Å². The normalized spacial score (nSPS) is 16.4. The maximum absolute atomic E-state index is 12.8. The van der Waals surface area contributed by atoms with E-state index < -0.39 is 17.1 Å². The number of rotatable bonds is 7. The summed E-state index contributed by atoms with van der Waals surface area (Å²) in [6.45, 7) is 1.78. The van der Waals surface area contributed by atoms with Crippen LogP contribution >= 0.6 is 0 Å². The molecule has 0 radical (unpaired) electrons. The number of aromatic nitrogens is 1. The first-order chi connectivity index (χ1) is 18.4. The molecule has 6 rings (SSSR count). The van der Waals surface area contributed by atoms with Gasteiger partial charge in [-0.05, 0) is 54.9 Å². The number of carbonyl (C=O) groups is 2. The van der Waals surface area contributed by atoms with Gasteiger partial charge in [-0.15, -0.1) is 0 Å². The van der Waals surface area contributed by atoms with Gasteiger partial charge < -0.3 is 14.0 Å². The number of hydrogen-bond donors (Lipinski definition) is 1. The maximum Gasteiger partial charge on any atom is 0.412 e. The Morgan fingerprint density at radius 2 is 1.42 bits per heavy atom. The fraction of sp³-hybridized carbons (Fsp3) is 0.258. The zero-order valence-corrected chi connectivity index (χ0v) is 21.3. The minimum absolute atomic E-state index is 0.169. The van der Waals surface area contributed by atoms with Crippen molar-refractivity contribution in [3.63, 3.8) is 0 Å². The molecule has 192 valence electrons. The quantitative estimate of drug-likeness (QED) is 0.277. The Labute approximate surface area is 220 Å². The van der Waals surface area contributed by atoms with E-state index in [0.29, 0.717) is 17.1 Å². The van der Waals surface area contributed by atoms with E-state index in [-0.39, 0.29) is 5.97 Å². The molecule has 0 unspecified atom stereocenters. The van der Waals surface area contributed by atoms with E-state index in [9.17, 15) is 9.59 Å². The van der Waals surface area contributed by atoms with E-state index in [1.807, 2.05) is 78.9 Å². The van der Waals surface area contributed by atoms with Crippen LogP contribution in [0.15, 0.2) is 83.4 Å². The average molecular weight is 509 g/mol. The Morgan fingerprint density at radius 3 is 2.00 bits per heavy atom. The molecule has 2 fully saturated rings. The number of anilines is 1. The average Bonchev–Trinajstić information content (AvgIpc) is 3.89. The number of benzene rings is 3. The second-order valence-corrected chi connectivity index (χ2v) is 10.1. The van der Waals surface area contributed by atoms with Gasteiger partial charge in [-0.2, -0.15) is 0 Å². The highest BCUT2D eigenvalue weighted by Gasteiger charge is 2.52. The van der Waals surface area contributed by atoms with E-state index in [2.05, 4.69) is 10.5 Å². The number of esters is 1. The standard InChI is InChI=1S/C31H28N2O5/c1-20-26(32-29(35)37-31(18-19-31)25-6-4-3-5-7-25)27(38-33-20)23-10-8-21(9-11-23)22-12-14-24(15-13-22)30(16-17-30)28(34)36-2/h3-15H,16-19H2,1-2H3,(H,32,35). The predicted octanol–water partition coefficient (Wildman–Crippen LogP) is 6.76. The maximum atomic E-state index is 12.8. The molecule has 2 aliphatic carbocycles. The first-order valence-corrected chi connectivity index (χ1v) is 12.8. The summed E-state index contributed by atoms with van der Waals surface area (Å²) in [7, 11) is 1.44. The van der Waals surface area contributed by atoms with Crippen molar-refractivity contribution in [2.45, 2.75) is 43.6 Å². The van der Waals surface area contributed by atoms with Crippen LogP contribution in [0.5, 0.6) is 0 Å². The van der Waals surface area contributed by atoms with Gasteiger partial charge in [-0.25, -0.2) is 4.79 Å². The lowest BCUT2D eigenvalue weighted by Crippen LogP contribution is -2.22. The summed E-state index contributed by atoms with van der Waals surface area (Å²) < 4.78 is 16.4. The predicted molar refractivity (Wildman–Crippen MR) is 142 cm³/mol. The Hall–Kier alpha value is -4.39. The van der Waals surface area contributed by atoms with Crippen LogP contribution in [0.2, 0.25) is 0 Å². The third-order valence-corrected chi connectivity index (χ3v) is 7.63. The molecule has 0 saturated heterocycles. The number of carbonyl (C=O) groups excluding carboxylic acids is 2. The van der Waals surface area contributed by atoms with Gasteiger partial charge in [0.1, 0.15) is 17.0 Å². The SMILES string of the molecule is COC(=O)C1(c2ccc(-c3ccc(-c4onc(C)c4NC(=O)OC4(c5ccccc5)CC4)cc3)cc2)CC1. The van der Waals surface area contributed by atoms with Crippen LogP contribution in [0.4, 0.5) is 10.5 Å². The van der Waals surface area contributed by atoms with Gasteiger partial charge in [0.05, 0.1) is 12.5 Å². The third-order valence-electron chi connectivity index (χ3n) is 7.63. The Morgan fingerprint density at radius 1 is 0.816 bits per heavy atom. The van der Waals surface area contributed by atoms with Crippen molar-refractivity contribution in [3.05, 3.63) is 95.7 Å². The van der Waals surface area contributed by atoms with Gasteiger partial charge in [0, 0.05) is 5.56 Å². The Kier molecular flexibility index (Phi) is 5.79. The molecule has 7 heteroatoms. The second-order valence-electron chi connectivity index (χ2n) is 10.1. The van der Waals surface area contributed by atoms with Crippen molar-refractivity contribution in [1.29, 1.82) is 0 Å². The van der Waals surface area contributed by atoms with Gasteiger partial charge in [0.2, 0.25) is 0 Å². The van der Waals surface area contributed by atoms with Crippen LogP contribution < -0.4 is 5.32 Å². The van der Waals surface area contributed by atoms with Crippen LogP contribution in [0.3, 0.4) is 0 Å². The topological polar surface area (TPSA) is 90.7 Å². The van der Waals surface area contributed by atoms with Crippen LogP contribution in [0.25, 0.3) is 22.5 Å². The first kappa shape index (κ1) is 24.0. The fourth-order valence-corrected chi connectivity index (χ4v) is 5.05. The van der Waals surface area contributed by atoms with Crippen LogP contribution in [-0.2, 0) is 25.3 Å². The van der Waals surface area contributed by atoms with Gasteiger partial charge in [0.15, 0.2) is 5.76 Å². The number of amides is 1. The Bertz CT molecular complexity index is 1480. The molecule has 0 aliphatic heterocycles. The van der Waals surface area contributed by atoms with Gasteiger partial charge in [-0.3, -0.25) is 10.1 Å². The fourth-order valence-electron chi connectivity index (χ4n) is 5.05. The van der Waals surface area contributed by atoms with Gasteiger partial charge >= 0.3 is 12.1 Å². The molecule has 0 atom stereocenters. The lowest BCUT2D eigenvalue weighted by molar-refractivity contribution is -0.143. The molecule has 3 aromatic carbocycles. The molecule has 38 heavy (non-hydrogen) atoms. The highest BCUT2D eigenvalue weighted by atomic mass is 16.6. The second kappa shape index (κ2) is 9.17. The van der Waals surface area contributed by atoms with Crippen molar-refractivity contribution in [3.8, 4) is 22.5 Å². The number of hydrogen-bond acceptors (Lipinski definition) is 6. The van der Waals surface area contributed by atoms with Crippen LogP contribution in [0, 0.1) is 6.92 Å². The number of methoxy groups -OCH3 is 1. The zero-order valence-electron chi connectivity index (χ0n) is 21.3. The van der Waals surface area contributed by atoms with Crippen molar-refractivity contribution in [1.82, 2.24) is 5.16 Å². The molecule has 1 aromatic heterocycles. The number of nitrogens with zero attached hydrogens (tertiary/aromatic N) is 1. The first-order valence-electron chi connectivity index (χ1n) is 12.8. The van der Waals surface area contributed by atoms with Crippen molar-refractivity contribution < 1.29 is 23.6 Å². The summed E-state index contributed by atoms with van der Waals surface area (Å²) in [5, 5.41) is 6.93. The van der Waals surface area contributed by atoms with Crippen LogP contribution in [-0.4, -0.2) is 24.3 Å². The summed E-state index contributed by atoms with van der Waals surface area (Å²) in [6, 6.07) is 25.7. The zero-order chi connectivity index (χ0) is 26.3. The van der Waals surface area contributed by atoms with Gasteiger partial charge in [0.25, 0.3) is 0 Å². The molecule has 0 bridgehead atoms. The molecule has 7 nitrogen and oxygen atoms in total. The van der Waals surface area contributed by atoms with Crippen molar-refractivity contribution in [2.75, 3.05) is 12.4 Å². The van der Waals surface area contributed by atoms with Crippen LogP contribution in [0.1, 0.15) is 42.5 Å². The molecule has 1 heterocycles. The van der Waals surface area contributed by atoms with Crippen molar-refractivity contribution >= 4 is 17.7 Å². The van der Waals surface area contributed by atoms with E-state index >= 15 is 0 Å². The molecular formula is C31H28N2O5. The van der Waals surface area contributed by atoms with E-state index in [1.54, 1.807) is 6.92 Å². The van der Waals surface area contributed by atoms with E-state index in [4.69, 9.17) is 14.0 Å². The monoisotopic (exact) mass is 508 g/mol.